The Labute approximate surface area is 329 Å². The maximum atomic E-state index is 14.4. The van der Waals surface area contributed by atoms with Crippen LogP contribution in [0.5, 0.6) is 0 Å². The van der Waals surface area contributed by atoms with Gasteiger partial charge in [-0.25, -0.2) is 4.79 Å². The number of halogens is 2. The minimum Gasteiger partial charge on any atom is -0.481 e. The Balaban J connectivity index is 2.47. The van der Waals surface area contributed by atoms with Crippen LogP contribution < -0.4 is 38.5 Å². The van der Waals surface area contributed by atoms with Crippen molar-refractivity contribution in [1.82, 2.24) is 26.2 Å². The molecule has 1 fully saturated rings. The SMILES string of the molecule is C[C@H](NC(=O)[C@@H](N)CCC(=O)O)C(=O)N[C@@H](CCC(N)=O)C(=O)N[C@@H](Cc1ccc(C(F)(F)[P+](O)(O)O)cc1)C(=O)N[C@@H](CCC(N)=O)C(=O)N1CCC[C@H]1C(=O)O. The van der Waals surface area contributed by atoms with Crippen molar-refractivity contribution in [1.29, 1.82) is 0 Å². The summed E-state index contributed by atoms with van der Waals surface area (Å²) >= 11 is 0. The molecule has 6 atom stereocenters. The topological polar surface area (TPSA) is 384 Å². The maximum Gasteiger partial charge on any atom is 0.484 e. The zero-order valence-electron chi connectivity index (χ0n) is 31.1. The molecule has 58 heavy (non-hydrogen) atoms. The zero-order valence-corrected chi connectivity index (χ0v) is 32.0. The Hall–Kier alpha value is -5.42. The molecule has 0 bridgehead atoms. The molecule has 0 aromatic heterocycles. The van der Waals surface area contributed by atoms with Gasteiger partial charge in [0.15, 0.2) is 0 Å². The number of amides is 7. The number of benzene rings is 1. The number of nitrogens with one attached hydrogen (secondary N) is 4. The van der Waals surface area contributed by atoms with Gasteiger partial charge in [0, 0.05) is 32.2 Å². The molecule has 1 aromatic rings. The molecule has 25 heteroatoms. The molecule has 0 radical (unpaired) electrons. The predicted octanol–water partition coefficient (Wildman–Crippen LogP) is -3.22. The number of hydrogen-bond donors (Lipinski definition) is 12. The molecule has 1 heterocycles. The van der Waals surface area contributed by atoms with Gasteiger partial charge in [0.25, 0.3) is 0 Å². The highest BCUT2D eigenvalue weighted by Gasteiger charge is 2.63. The molecular weight excluding hydrogens is 801 g/mol. The number of nitrogens with zero attached hydrogens (tertiary/aromatic N) is 1. The van der Waals surface area contributed by atoms with Crippen molar-refractivity contribution in [2.75, 3.05) is 6.54 Å². The zero-order chi connectivity index (χ0) is 44.1. The molecule has 322 valence electrons. The lowest BCUT2D eigenvalue weighted by molar-refractivity contribution is -0.149. The number of alkyl halides is 2. The van der Waals surface area contributed by atoms with Crippen molar-refractivity contribution in [2.45, 2.75) is 107 Å². The van der Waals surface area contributed by atoms with Crippen LogP contribution in [-0.4, -0.2) is 126 Å². The first-order valence-corrected chi connectivity index (χ1v) is 19.3. The van der Waals surface area contributed by atoms with Gasteiger partial charge in [-0.05, 0) is 56.7 Å². The smallest absolute Gasteiger partial charge is 0.481 e. The van der Waals surface area contributed by atoms with Crippen LogP contribution in [0, 0.1) is 0 Å². The normalized spacial score (nSPS) is 16.8. The largest absolute Gasteiger partial charge is 0.484 e. The number of carboxylic acid groups (broad SMARTS) is 2. The van der Waals surface area contributed by atoms with E-state index in [1.807, 2.05) is 0 Å². The highest BCUT2D eigenvalue weighted by molar-refractivity contribution is 7.59. The minimum atomic E-state index is -5.72. The van der Waals surface area contributed by atoms with Gasteiger partial charge in [-0.2, -0.15) is 23.5 Å². The number of carbonyl (C=O) groups is 9. The van der Waals surface area contributed by atoms with Gasteiger partial charge in [0.2, 0.25) is 41.4 Å². The third-order valence-corrected chi connectivity index (χ3v) is 9.95. The maximum absolute atomic E-state index is 14.4. The van der Waals surface area contributed by atoms with Crippen molar-refractivity contribution in [2.24, 2.45) is 17.2 Å². The van der Waals surface area contributed by atoms with Crippen molar-refractivity contribution in [3.8, 4) is 0 Å². The van der Waals surface area contributed by atoms with E-state index >= 15 is 0 Å². The number of primary amides is 2. The van der Waals surface area contributed by atoms with Crippen molar-refractivity contribution >= 4 is 61.2 Å². The number of likely N-dealkylation sites (tertiary alicyclic amines) is 1. The Morgan fingerprint density at radius 1 is 0.776 bits per heavy atom. The number of carbonyl (C=O) groups excluding carboxylic acids is 7. The summed E-state index contributed by atoms with van der Waals surface area (Å²) in [5, 5.41) is 27.7. The summed E-state index contributed by atoms with van der Waals surface area (Å²) in [7, 11) is -5.72. The molecule has 1 aliphatic heterocycles. The molecule has 22 nitrogen and oxygen atoms in total. The second-order valence-corrected chi connectivity index (χ2v) is 15.2. The summed E-state index contributed by atoms with van der Waals surface area (Å²) in [6.45, 7) is 1.18. The average molecular weight is 850 g/mol. The molecule has 7 amide bonds. The van der Waals surface area contributed by atoms with Crippen molar-refractivity contribution < 1.29 is 76.8 Å². The molecule has 0 aliphatic carbocycles. The van der Waals surface area contributed by atoms with E-state index in [2.05, 4.69) is 21.3 Å². The summed E-state index contributed by atoms with van der Waals surface area (Å²) in [6.07, 6.45) is -2.73. The Morgan fingerprint density at radius 3 is 1.81 bits per heavy atom. The summed E-state index contributed by atoms with van der Waals surface area (Å²) in [5.41, 5.74) is 10.7. The predicted molar refractivity (Wildman–Crippen MR) is 195 cm³/mol. The van der Waals surface area contributed by atoms with Gasteiger partial charge in [0.1, 0.15) is 30.2 Å². The van der Waals surface area contributed by atoms with E-state index in [0.717, 1.165) is 17.0 Å². The van der Waals surface area contributed by atoms with Crippen molar-refractivity contribution in [3.63, 3.8) is 0 Å². The number of rotatable bonds is 23. The highest BCUT2D eigenvalue weighted by Crippen LogP contribution is 2.65. The lowest BCUT2D eigenvalue weighted by Crippen LogP contribution is -2.59. The second-order valence-electron chi connectivity index (χ2n) is 13.5. The van der Waals surface area contributed by atoms with E-state index in [0.29, 0.717) is 18.6 Å². The van der Waals surface area contributed by atoms with E-state index in [1.165, 1.54) is 6.92 Å². The molecule has 15 N–H and O–H groups in total. The molecule has 1 aliphatic rings. The molecule has 1 aromatic carbocycles. The fourth-order valence-electron chi connectivity index (χ4n) is 5.68. The van der Waals surface area contributed by atoms with Crippen LogP contribution >= 0.6 is 7.94 Å². The number of hydrogen-bond acceptors (Lipinski definition) is 13. The molecular formula is C33H48F2N8O14P+. The highest BCUT2D eigenvalue weighted by atomic mass is 31.2. The van der Waals surface area contributed by atoms with Gasteiger partial charge in [-0.1, -0.05) is 12.1 Å². The van der Waals surface area contributed by atoms with Crippen LogP contribution in [-0.2, 0) is 55.2 Å². The summed E-state index contributed by atoms with van der Waals surface area (Å²) in [5.74, 6) is -9.45. The quantitative estimate of drug-likeness (QED) is 0.0482. The Morgan fingerprint density at radius 2 is 1.29 bits per heavy atom. The average Bonchev–Trinajstić information content (AvgIpc) is 3.63. The van der Waals surface area contributed by atoms with Crippen LogP contribution in [0.1, 0.15) is 69.4 Å². The number of carboxylic acids is 2. The first-order valence-electron chi connectivity index (χ1n) is 17.7. The molecule has 0 spiro atoms. The van der Waals surface area contributed by atoms with Crippen molar-refractivity contribution in [3.05, 3.63) is 35.4 Å². The first-order chi connectivity index (χ1) is 26.8. The first kappa shape index (κ1) is 48.7. The van der Waals surface area contributed by atoms with E-state index in [4.69, 9.17) is 22.3 Å². The lowest BCUT2D eigenvalue weighted by atomic mass is 10.0. The molecule has 0 saturated carbocycles. The third-order valence-electron chi connectivity index (χ3n) is 8.94. The summed E-state index contributed by atoms with van der Waals surface area (Å²) < 4.78 is 28.8. The van der Waals surface area contributed by atoms with Gasteiger partial charge >= 0.3 is 25.5 Å². The number of aliphatic carboxylic acids is 2. The van der Waals surface area contributed by atoms with E-state index < -0.39 is 147 Å². The van der Waals surface area contributed by atoms with Crippen LogP contribution in [0.4, 0.5) is 8.78 Å². The molecule has 0 unspecified atom stereocenters. The van der Waals surface area contributed by atoms with Crippen LogP contribution in [0.15, 0.2) is 24.3 Å². The lowest BCUT2D eigenvalue weighted by Gasteiger charge is -2.29. The van der Waals surface area contributed by atoms with E-state index in [9.17, 15) is 71.7 Å². The van der Waals surface area contributed by atoms with Crippen LogP contribution in [0.2, 0.25) is 0 Å². The van der Waals surface area contributed by atoms with Gasteiger partial charge < -0.3 is 53.6 Å². The minimum absolute atomic E-state index is 0.0105. The summed E-state index contributed by atoms with van der Waals surface area (Å²) in [4.78, 5) is 141. The fourth-order valence-corrected chi connectivity index (χ4v) is 6.18. The third kappa shape index (κ3) is 14.5. The van der Waals surface area contributed by atoms with Gasteiger partial charge in [-0.3, -0.25) is 38.4 Å². The Kier molecular flexibility index (Phi) is 18.0. The Bertz CT molecular complexity index is 1710. The monoisotopic (exact) mass is 849 g/mol. The molecule has 2 rings (SSSR count). The fraction of sp³-hybridized carbons (Fsp3) is 0.545. The van der Waals surface area contributed by atoms with Crippen LogP contribution in [0.3, 0.4) is 0 Å². The van der Waals surface area contributed by atoms with Gasteiger partial charge in [0.05, 0.1) is 11.6 Å². The summed E-state index contributed by atoms with van der Waals surface area (Å²) in [6, 6.07) is -5.59. The van der Waals surface area contributed by atoms with Crippen LogP contribution in [0.25, 0.3) is 0 Å². The standard InChI is InChI=1S/C33H47F2N8O14P/c1-16(39-28(49)19(36)8-13-26(46)47)27(48)40-20(9-11-24(37)44)29(50)42-22(15-17-4-6-18(7-5-17)33(34,35)58(55,56)57)30(51)41-21(10-12-25(38)45)31(52)43-14-2-3-23(43)32(53)54/h4-7,16,19-23,55-57H,2-3,8-15,36H2,1H3,(H9-,37,38,39,40,41,42,44,45,46,47,48,49,50,51,53,54)/p+1/t16-,19-,20-,21-,22-,23-/m0/s1. The molecule has 1 saturated heterocycles. The van der Waals surface area contributed by atoms with E-state index in [-0.39, 0.29) is 24.9 Å². The second kappa shape index (κ2) is 21.4. The number of nitrogens with two attached hydrogens (primary N) is 3. The van der Waals surface area contributed by atoms with E-state index in [1.54, 1.807) is 0 Å². The van der Waals surface area contributed by atoms with Gasteiger partial charge in [-0.15, -0.1) is 0 Å².